The molecule has 1 heterocycles. The average molecular weight is 623 g/mol. The molecule has 1 aromatic heterocycles. The fourth-order valence-electron chi connectivity index (χ4n) is 3.91. The maximum atomic E-state index is 13.3. The van der Waals surface area contributed by atoms with Gasteiger partial charge >= 0.3 is 0 Å². The van der Waals surface area contributed by atoms with Crippen molar-refractivity contribution in [3.8, 4) is 0 Å². The Labute approximate surface area is 260 Å². The summed E-state index contributed by atoms with van der Waals surface area (Å²) in [4.78, 5) is 25.8. The predicted octanol–water partition coefficient (Wildman–Crippen LogP) is 4.28. The summed E-state index contributed by atoms with van der Waals surface area (Å²) < 4.78 is 24.0. The van der Waals surface area contributed by atoms with Crippen LogP contribution in [0.15, 0.2) is 72.8 Å². The SMILES string of the molecule is NCCOCCOCCNC(=O)Cc1ccc(Nc2nc(NCc3ccc(F)cc3)nc(NCc3ccc(Cl)cc3)n2)cc1. The number of halogens is 2. The molecule has 13 heteroatoms. The summed E-state index contributed by atoms with van der Waals surface area (Å²) >= 11 is 6.00. The number of anilines is 4. The molecule has 1 amide bonds. The summed E-state index contributed by atoms with van der Waals surface area (Å²) in [6.07, 6.45) is 0.238. The molecule has 0 unspecified atom stereocenters. The van der Waals surface area contributed by atoms with E-state index in [0.29, 0.717) is 75.5 Å². The smallest absolute Gasteiger partial charge is 0.233 e. The van der Waals surface area contributed by atoms with Crippen molar-refractivity contribution in [1.82, 2.24) is 20.3 Å². The minimum absolute atomic E-state index is 0.0977. The van der Waals surface area contributed by atoms with E-state index in [0.717, 1.165) is 22.4 Å². The Morgan fingerprint density at radius 1 is 0.727 bits per heavy atom. The fraction of sp³-hybridized carbons (Fsp3) is 0.290. The van der Waals surface area contributed by atoms with Crippen LogP contribution in [-0.2, 0) is 33.8 Å². The second-order valence-corrected chi connectivity index (χ2v) is 10.1. The Hall–Kier alpha value is -4.36. The number of nitrogens with zero attached hydrogens (tertiary/aromatic N) is 3. The summed E-state index contributed by atoms with van der Waals surface area (Å²) in [7, 11) is 0. The van der Waals surface area contributed by atoms with Crippen molar-refractivity contribution in [3.05, 3.63) is 100 Å². The molecule has 0 bridgehead atoms. The zero-order valence-corrected chi connectivity index (χ0v) is 24.9. The lowest BCUT2D eigenvalue weighted by molar-refractivity contribution is -0.120. The Bertz CT molecular complexity index is 1380. The number of hydrogen-bond donors (Lipinski definition) is 5. The molecule has 11 nitrogen and oxygen atoms in total. The number of benzene rings is 3. The normalized spacial score (nSPS) is 10.8. The molecule has 0 saturated carbocycles. The molecule has 4 aromatic rings. The van der Waals surface area contributed by atoms with E-state index in [1.807, 2.05) is 48.5 Å². The molecule has 0 atom stereocenters. The number of nitrogens with one attached hydrogen (secondary N) is 4. The van der Waals surface area contributed by atoms with Gasteiger partial charge in [0.25, 0.3) is 0 Å². The molecule has 0 aliphatic rings. The van der Waals surface area contributed by atoms with Gasteiger partial charge < -0.3 is 36.5 Å². The van der Waals surface area contributed by atoms with E-state index >= 15 is 0 Å². The first-order valence-corrected chi connectivity index (χ1v) is 14.6. The van der Waals surface area contributed by atoms with Crippen LogP contribution in [-0.4, -0.2) is 60.4 Å². The lowest BCUT2D eigenvalue weighted by Crippen LogP contribution is -2.29. The number of aromatic nitrogens is 3. The molecule has 3 aromatic carbocycles. The highest BCUT2D eigenvalue weighted by Crippen LogP contribution is 2.18. The highest BCUT2D eigenvalue weighted by atomic mass is 35.5. The van der Waals surface area contributed by atoms with Crippen LogP contribution in [0.25, 0.3) is 0 Å². The molecular formula is C31H36ClFN8O3. The maximum Gasteiger partial charge on any atom is 0.233 e. The number of amides is 1. The van der Waals surface area contributed by atoms with Gasteiger partial charge in [-0.05, 0) is 53.1 Å². The summed E-state index contributed by atoms with van der Waals surface area (Å²) in [5.74, 6) is 0.621. The third kappa shape index (κ3) is 11.7. The molecule has 0 saturated heterocycles. The van der Waals surface area contributed by atoms with Crippen molar-refractivity contribution < 1.29 is 18.7 Å². The number of ether oxygens (including phenoxy) is 2. The van der Waals surface area contributed by atoms with E-state index in [-0.39, 0.29) is 18.1 Å². The molecule has 0 radical (unpaired) electrons. The maximum absolute atomic E-state index is 13.3. The summed E-state index contributed by atoms with van der Waals surface area (Å²) in [6.45, 7) is 3.61. The minimum Gasteiger partial charge on any atom is -0.378 e. The Balaban J connectivity index is 1.33. The van der Waals surface area contributed by atoms with Crippen LogP contribution in [0.4, 0.5) is 27.9 Å². The monoisotopic (exact) mass is 622 g/mol. The van der Waals surface area contributed by atoms with Crippen molar-refractivity contribution in [3.63, 3.8) is 0 Å². The largest absolute Gasteiger partial charge is 0.378 e. The van der Waals surface area contributed by atoms with Crippen LogP contribution >= 0.6 is 11.6 Å². The molecule has 0 fully saturated rings. The fourth-order valence-corrected chi connectivity index (χ4v) is 4.03. The van der Waals surface area contributed by atoms with E-state index in [9.17, 15) is 9.18 Å². The number of carbonyl (C=O) groups excluding carboxylic acids is 1. The first-order valence-electron chi connectivity index (χ1n) is 14.2. The minimum atomic E-state index is -0.299. The number of hydrogen-bond acceptors (Lipinski definition) is 10. The van der Waals surface area contributed by atoms with E-state index in [4.69, 9.17) is 26.8 Å². The van der Waals surface area contributed by atoms with Gasteiger partial charge in [-0.3, -0.25) is 4.79 Å². The van der Waals surface area contributed by atoms with Crippen LogP contribution in [0.3, 0.4) is 0 Å². The first kappa shape index (κ1) is 32.6. The van der Waals surface area contributed by atoms with E-state index in [1.54, 1.807) is 12.1 Å². The molecular weight excluding hydrogens is 587 g/mol. The van der Waals surface area contributed by atoms with Crippen molar-refractivity contribution in [1.29, 1.82) is 0 Å². The van der Waals surface area contributed by atoms with Crippen LogP contribution < -0.4 is 27.0 Å². The van der Waals surface area contributed by atoms with Gasteiger partial charge in [0.05, 0.1) is 32.8 Å². The quantitative estimate of drug-likeness (QED) is 0.102. The lowest BCUT2D eigenvalue weighted by Gasteiger charge is -2.12. The van der Waals surface area contributed by atoms with Crippen LogP contribution in [0.1, 0.15) is 16.7 Å². The van der Waals surface area contributed by atoms with Gasteiger partial charge in [-0.2, -0.15) is 15.0 Å². The van der Waals surface area contributed by atoms with Gasteiger partial charge in [0.15, 0.2) is 0 Å². The molecule has 44 heavy (non-hydrogen) atoms. The Morgan fingerprint density at radius 3 is 1.89 bits per heavy atom. The average Bonchev–Trinajstić information content (AvgIpc) is 3.03. The van der Waals surface area contributed by atoms with E-state index in [1.165, 1.54) is 12.1 Å². The number of carbonyl (C=O) groups is 1. The number of nitrogens with two attached hydrogens (primary N) is 1. The van der Waals surface area contributed by atoms with Crippen molar-refractivity contribution >= 4 is 41.0 Å². The lowest BCUT2D eigenvalue weighted by atomic mass is 10.1. The zero-order chi connectivity index (χ0) is 31.0. The third-order valence-electron chi connectivity index (χ3n) is 6.14. The summed E-state index contributed by atoms with van der Waals surface area (Å²) in [5, 5.41) is 13.1. The van der Waals surface area contributed by atoms with E-state index < -0.39 is 0 Å². The first-order chi connectivity index (χ1) is 21.5. The molecule has 4 rings (SSSR count). The molecule has 0 aliphatic heterocycles. The predicted molar refractivity (Wildman–Crippen MR) is 169 cm³/mol. The molecule has 0 aliphatic carbocycles. The highest BCUT2D eigenvalue weighted by molar-refractivity contribution is 6.30. The van der Waals surface area contributed by atoms with Gasteiger partial charge in [-0.15, -0.1) is 0 Å². The van der Waals surface area contributed by atoms with Crippen LogP contribution in [0.2, 0.25) is 5.02 Å². The van der Waals surface area contributed by atoms with Crippen LogP contribution in [0, 0.1) is 5.82 Å². The third-order valence-corrected chi connectivity index (χ3v) is 6.39. The highest BCUT2D eigenvalue weighted by Gasteiger charge is 2.09. The van der Waals surface area contributed by atoms with Gasteiger partial charge in [-0.1, -0.05) is 48.0 Å². The Morgan fingerprint density at radius 2 is 1.27 bits per heavy atom. The second-order valence-electron chi connectivity index (χ2n) is 9.63. The number of rotatable bonds is 18. The zero-order valence-electron chi connectivity index (χ0n) is 24.2. The topological polar surface area (TPSA) is 148 Å². The van der Waals surface area contributed by atoms with Gasteiger partial charge in [0, 0.05) is 36.9 Å². The summed E-state index contributed by atoms with van der Waals surface area (Å²) in [6, 6.07) is 21.1. The van der Waals surface area contributed by atoms with Crippen molar-refractivity contribution in [2.75, 3.05) is 55.5 Å². The molecule has 0 spiro atoms. The molecule has 232 valence electrons. The molecule has 6 N–H and O–H groups in total. The second kappa shape index (κ2) is 17.7. The van der Waals surface area contributed by atoms with E-state index in [2.05, 4.69) is 36.2 Å². The van der Waals surface area contributed by atoms with Crippen molar-refractivity contribution in [2.45, 2.75) is 19.5 Å². The standard InChI is InChI=1S/C31H36ClFN8O3/c32-25-7-1-23(2-8-25)20-36-29-39-30(37-21-24-3-9-26(33)10-4-24)41-31(40-29)38-27-11-5-22(6-12-27)19-28(42)35-14-16-44-18-17-43-15-13-34/h1-12H,13-21,34H2,(H,35,42)(H3,36,37,38,39,40,41). The Kier molecular flexibility index (Phi) is 13.1. The summed E-state index contributed by atoms with van der Waals surface area (Å²) in [5.41, 5.74) is 8.83. The van der Waals surface area contributed by atoms with Crippen LogP contribution in [0.5, 0.6) is 0 Å². The van der Waals surface area contributed by atoms with Gasteiger partial charge in [0.1, 0.15) is 5.82 Å². The van der Waals surface area contributed by atoms with Gasteiger partial charge in [0.2, 0.25) is 23.8 Å². The van der Waals surface area contributed by atoms with Gasteiger partial charge in [-0.25, -0.2) is 4.39 Å². The van der Waals surface area contributed by atoms with Crippen molar-refractivity contribution in [2.24, 2.45) is 5.73 Å².